The quantitative estimate of drug-likeness (QED) is 0.368. The minimum Gasteiger partial charge on any atom is -0.508 e. The first-order chi connectivity index (χ1) is 14.3. The summed E-state index contributed by atoms with van der Waals surface area (Å²) in [7, 11) is 1.67. The van der Waals surface area contributed by atoms with Crippen LogP contribution < -0.4 is 9.64 Å². The van der Waals surface area contributed by atoms with Crippen molar-refractivity contribution in [2.45, 2.75) is 40.2 Å². The number of hydrogen-bond donors (Lipinski definition) is 4. The zero-order valence-electron chi connectivity index (χ0n) is 18.0. The third kappa shape index (κ3) is 4.03. The van der Waals surface area contributed by atoms with E-state index < -0.39 is 0 Å². The van der Waals surface area contributed by atoms with Crippen molar-refractivity contribution in [3.8, 4) is 39.8 Å². The smallest absolute Gasteiger partial charge is 0.175 e. The van der Waals surface area contributed by atoms with Gasteiger partial charge in [-0.2, -0.15) is 0 Å². The fourth-order valence-electron chi connectivity index (χ4n) is 3.79. The Hall–Kier alpha value is -2.93. The van der Waals surface area contributed by atoms with Crippen LogP contribution in [0.3, 0.4) is 0 Å². The second kappa shape index (κ2) is 8.83. The number of aryl methyl sites for hydroxylation is 1. The molecule has 4 N–H and O–H groups in total. The van der Waals surface area contributed by atoms with Gasteiger partial charge in [-0.3, -0.25) is 0 Å². The van der Waals surface area contributed by atoms with Crippen molar-refractivity contribution >= 4 is 17.9 Å². The van der Waals surface area contributed by atoms with E-state index in [0.717, 1.165) is 34.8 Å². The third-order valence-corrected chi connectivity index (χ3v) is 5.52. The van der Waals surface area contributed by atoms with Gasteiger partial charge in [0.25, 0.3) is 0 Å². The Morgan fingerprint density at radius 2 is 1.73 bits per heavy atom. The first kappa shape index (κ1) is 21.8. The Kier molecular flexibility index (Phi) is 6.41. The maximum absolute atomic E-state index is 10.5. The topological polar surface area (TPSA) is 84.5 Å². The van der Waals surface area contributed by atoms with E-state index >= 15 is 0 Å². The molecular formula is C23H29N3O3S. The van der Waals surface area contributed by atoms with Gasteiger partial charge < -0.3 is 29.8 Å². The summed E-state index contributed by atoms with van der Waals surface area (Å²) >= 11 is 5.37. The lowest BCUT2D eigenvalue weighted by molar-refractivity contribution is 0.413. The summed E-state index contributed by atoms with van der Waals surface area (Å²) in [5, 5.41) is 20.6. The number of aromatic amines is 2. The molecule has 3 aromatic rings. The van der Waals surface area contributed by atoms with Crippen LogP contribution in [0.15, 0.2) is 30.3 Å². The van der Waals surface area contributed by atoms with E-state index in [9.17, 15) is 10.2 Å². The molecule has 0 radical (unpaired) electrons. The molecule has 0 aliphatic rings. The van der Waals surface area contributed by atoms with Gasteiger partial charge in [0.05, 0.1) is 24.2 Å². The van der Waals surface area contributed by atoms with Crippen LogP contribution in [0.5, 0.6) is 17.2 Å². The number of phenolic OH excluding ortho intramolecular Hbond substituents is 2. The number of anilines is 1. The Balaban J connectivity index is 2.21. The van der Waals surface area contributed by atoms with Crippen LogP contribution in [0.1, 0.15) is 33.3 Å². The molecule has 0 saturated heterocycles. The largest absolute Gasteiger partial charge is 0.508 e. The lowest BCUT2D eigenvalue weighted by Crippen LogP contribution is -2.30. The second-order valence-electron chi connectivity index (χ2n) is 7.45. The standard InChI is InChI=1S/C23H29N3O3S/c1-6-14-10-16(19(28)12-18(14)27)22-21(24-23(30)25-22)15-8-9-20(29-5)17(11-15)26(7-2)13(3)4/h8-13,27-28H,6-7H2,1-5H3,(H2,24,25,30). The summed E-state index contributed by atoms with van der Waals surface area (Å²) in [6, 6.07) is 9.44. The van der Waals surface area contributed by atoms with Crippen LogP contribution in [-0.2, 0) is 6.42 Å². The minimum absolute atomic E-state index is 0.0118. The van der Waals surface area contributed by atoms with E-state index in [-0.39, 0.29) is 11.5 Å². The molecule has 6 nitrogen and oxygen atoms in total. The molecule has 1 heterocycles. The van der Waals surface area contributed by atoms with Crippen LogP contribution in [0.4, 0.5) is 5.69 Å². The normalized spacial score (nSPS) is 11.1. The Bertz CT molecular complexity index is 1100. The van der Waals surface area contributed by atoms with Crippen molar-refractivity contribution in [1.82, 2.24) is 9.97 Å². The van der Waals surface area contributed by atoms with Gasteiger partial charge in [0.15, 0.2) is 4.77 Å². The molecule has 0 spiro atoms. The molecule has 0 aliphatic carbocycles. The van der Waals surface area contributed by atoms with E-state index in [1.54, 1.807) is 13.2 Å². The van der Waals surface area contributed by atoms with Gasteiger partial charge in [-0.15, -0.1) is 0 Å². The highest BCUT2D eigenvalue weighted by molar-refractivity contribution is 7.71. The lowest BCUT2D eigenvalue weighted by atomic mass is 10.00. The summed E-state index contributed by atoms with van der Waals surface area (Å²) in [6.07, 6.45) is 0.645. The third-order valence-electron chi connectivity index (χ3n) is 5.32. The predicted molar refractivity (Wildman–Crippen MR) is 124 cm³/mol. The number of benzene rings is 2. The van der Waals surface area contributed by atoms with Crippen molar-refractivity contribution < 1.29 is 14.9 Å². The average molecular weight is 428 g/mol. The predicted octanol–water partition coefficient (Wildman–Crippen LogP) is 5.62. The number of nitrogens with zero attached hydrogens (tertiary/aromatic N) is 1. The molecule has 3 rings (SSSR count). The molecule has 0 atom stereocenters. The van der Waals surface area contributed by atoms with Gasteiger partial charge >= 0.3 is 0 Å². The van der Waals surface area contributed by atoms with E-state index in [4.69, 9.17) is 17.0 Å². The number of rotatable bonds is 7. The number of hydrogen-bond acceptors (Lipinski definition) is 5. The van der Waals surface area contributed by atoms with Gasteiger partial charge in [-0.05, 0) is 69.2 Å². The summed E-state index contributed by atoms with van der Waals surface area (Å²) in [5.41, 5.74) is 4.69. The molecule has 0 bridgehead atoms. The lowest BCUT2D eigenvalue weighted by Gasteiger charge is -2.29. The van der Waals surface area contributed by atoms with Crippen molar-refractivity contribution in [2.75, 3.05) is 18.6 Å². The molecule has 0 saturated carbocycles. The first-order valence-electron chi connectivity index (χ1n) is 10.1. The molecule has 1 aromatic heterocycles. The van der Waals surface area contributed by atoms with Crippen LogP contribution in [0, 0.1) is 4.77 Å². The molecule has 160 valence electrons. The Morgan fingerprint density at radius 3 is 2.33 bits per heavy atom. The van der Waals surface area contributed by atoms with Crippen molar-refractivity contribution in [3.63, 3.8) is 0 Å². The number of aromatic hydroxyl groups is 2. The highest BCUT2D eigenvalue weighted by atomic mass is 32.1. The minimum atomic E-state index is -0.0118. The van der Waals surface area contributed by atoms with Gasteiger partial charge in [-0.1, -0.05) is 6.92 Å². The fourth-order valence-corrected chi connectivity index (χ4v) is 4.00. The molecule has 2 aromatic carbocycles. The molecule has 0 unspecified atom stereocenters. The van der Waals surface area contributed by atoms with Gasteiger partial charge in [0, 0.05) is 29.8 Å². The number of phenols is 2. The number of nitrogens with one attached hydrogen (secondary N) is 2. The highest BCUT2D eigenvalue weighted by Gasteiger charge is 2.20. The Labute approximate surface area is 182 Å². The summed E-state index contributed by atoms with van der Waals surface area (Å²) in [4.78, 5) is 8.63. The number of imidazole rings is 1. The van der Waals surface area contributed by atoms with Crippen LogP contribution in [0.2, 0.25) is 0 Å². The number of H-pyrrole nitrogens is 2. The zero-order valence-corrected chi connectivity index (χ0v) is 18.9. The monoisotopic (exact) mass is 427 g/mol. The van der Waals surface area contributed by atoms with Crippen LogP contribution in [-0.4, -0.2) is 39.9 Å². The highest BCUT2D eigenvalue weighted by Crippen LogP contribution is 2.41. The van der Waals surface area contributed by atoms with Gasteiger partial charge in [0.1, 0.15) is 17.2 Å². The molecular weight excluding hydrogens is 398 g/mol. The van der Waals surface area contributed by atoms with Gasteiger partial charge in [0.2, 0.25) is 0 Å². The average Bonchev–Trinajstić information content (AvgIpc) is 3.09. The first-order valence-corrected chi connectivity index (χ1v) is 10.5. The summed E-state index contributed by atoms with van der Waals surface area (Å²) < 4.78 is 6.06. The summed E-state index contributed by atoms with van der Waals surface area (Å²) in [6.45, 7) is 9.20. The number of methoxy groups -OCH3 is 1. The zero-order chi connectivity index (χ0) is 22.0. The molecule has 0 aliphatic heterocycles. The van der Waals surface area contributed by atoms with Crippen molar-refractivity contribution in [1.29, 1.82) is 0 Å². The van der Waals surface area contributed by atoms with E-state index in [2.05, 4.69) is 41.7 Å². The SMILES string of the molecule is CCc1cc(-c2[nH]c(=S)[nH]c2-c2ccc(OC)c(N(CC)C(C)C)c2)c(O)cc1O. The van der Waals surface area contributed by atoms with Gasteiger partial charge in [-0.25, -0.2) is 0 Å². The van der Waals surface area contributed by atoms with Crippen molar-refractivity contribution in [2.24, 2.45) is 0 Å². The maximum atomic E-state index is 10.5. The fraction of sp³-hybridized carbons (Fsp3) is 0.348. The molecule has 0 fully saturated rings. The van der Waals surface area contributed by atoms with Crippen LogP contribution >= 0.6 is 12.2 Å². The molecule has 30 heavy (non-hydrogen) atoms. The van der Waals surface area contributed by atoms with E-state index in [0.29, 0.717) is 28.5 Å². The second-order valence-corrected chi connectivity index (χ2v) is 7.86. The molecule has 0 amide bonds. The van der Waals surface area contributed by atoms with Crippen LogP contribution in [0.25, 0.3) is 22.5 Å². The maximum Gasteiger partial charge on any atom is 0.175 e. The van der Waals surface area contributed by atoms with Crippen molar-refractivity contribution in [3.05, 3.63) is 40.7 Å². The van der Waals surface area contributed by atoms with E-state index in [1.165, 1.54) is 6.07 Å². The Morgan fingerprint density at radius 1 is 1.03 bits per heavy atom. The number of aromatic nitrogens is 2. The summed E-state index contributed by atoms with van der Waals surface area (Å²) in [5.74, 6) is 0.865. The number of ether oxygens (including phenoxy) is 1. The molecule has 7 heteroatoms. The van der Waals surface area contributed by atoms with E-state index in [1.807, 2.05) is 19.1 Å².